The number of rotatable bonds is 2. The molecule has 0 radical (unpaired) electrons. The molecule has 5 nitrogen and oxygen atoms in total. The largest absolute Gasteiger partial charge is 0.442 e. The molecule has 1 amide bonds. The van der Waals surface area contributed by atoms with Crippen molar-refractivity contribution in [3.05, 3.63) is 16.9 Å². The van der Waals surface area contributed by atoms with E-state index in [9.17, 15) is 4.79 Å². The number of carbonyl (C=O) groups is 1. The number of ether oxygens (including phenoxy) is 1. The van der Waals surface area contributed by atoms with Crippen molar-refractivity contribution in [2.75, 3.05) is 6.54 Å². The van der Waals surface area contributed by atoms with Crippen LogP contribution in [0, 0.1) is 0 Å². The third kappa shape index (κ3) is 2.00. The lowest BCUT2D eigenvalue weighted by Crippen LogP contribution is -2.20. The minimum Gasteiger partial charge on any atom is -0.442 e. The summed E-state index contributed by atoms with van der Waals surface area (Å²) >= 11 is 3.24. The fourth-order valence-corrected chi connectivity index (χ4v) is 1.50. The molecular weight excluding hydrogens is 238 g/mol. The van der Waals surface area contributed by atoms with Gasteiger partial charge in [0.25, 0.3) is 0 Å². The molecule has 13 heavy (non-hydrogen) atoms. The Morgan fingerprint density at radius 1 is 1.85 bits per heavy atom. The van der Waals surface area contributed by atoms with Gasteiger partial charge in [0.05, 0.1) is 13.1 Å². The van der Waals surface area contributed by atoms with Crippen molar-refractivity contribution in [2.45, 2.75) is 12.6 Å². The number of amides is 1. The van der Waals surface area contributed by atoms with Gasteiger partial charge in [-0.2, -0.15) is 5.10 Å². The number of aromatic nitrogens is 2. The van der Waals surface area contributed by atoms with E-state index in [1.807, 2.05) is 12.3 Å². The predicted octanol–water partition coefficient (Wildman–Crippen LogP) is 0.754. The lowest BCUT2D eigenvalue weighted by Gasteiger charge is -2.06. The molecule has 1 aromatic heterocycles. The van der Waals surface area contributed by atoms with Crippen LogP contribution in [0.1, 0.15) is 0 Å². The summed E-state index contributed by atoms with van der Waals surface area (Å²) in [6, 6.07) is 1.84. The van der Waals surface area contributed by atoms with Crippen LogP contribution in [0.15, 0.2) is 16.9 Å². The van der Waals surface area contributed by atoms with Crippen molar-refractivity contribution in [3.8, 4) is 0 Å². The number of cyclic esters (lactones) is 1. The van der Waals surface area contributed by atoms with E-state index in [0.29, 0.717) is 13.1 Å². The number of hydrogen-bond acceptors (Lipinski definition) is 3. The third-order valence-electron chi connectivity index (χ3n) is 1.75. The Kier molecular flexibility index (Phi) is 2.22. The zero-order chi connectivity index (χ0) is 9.26. The van der Waals surface area contributed by atoms with E-state index in [1.165, 1.54) is 0 Å². The van der Waals surface area contributed by atoms with Gasteiger partial charge < -0.3 is 10.1 Å². The fraction of sp³-hybridized carbons (Fsp3) is 0.429. The summed E-state index contributed by atoms with van der Waals surface area (Å²) in [5.41, 5.74) is 0. The first kappa shape index (κ1) is 8.55. The molecule has 1 aliphatic heterocycles. The van der Waals surface area contributed by atoms with Crippen LogP contribution in [-0.4, -0.2) is 28.5 Å². The van der Waals surface area contributed by atoms with Gasteiger partial charge in [-0.1, -0.05) is 0 Å². The Morgan fingerprint density at radius 3 is 3.23 bits per heavy atom. The van der Waals surface area contributed by atoms with Crippen LogP contribution in [0.25, 0.3) is 0 Å². The van der Waals surface area contributed by atoms with E-state index >= 15 is 0 Å². The molecule has 0 saturated carbocycles. The standard InChI is InChI=1S/C7H8BrN3O2/c8-6-1-2-11(10-6)4-5-3-9-7(12)13-5/h1-2,5H,3-4H2,(H,9,12). The molecule has 1 aromatic rings. The molecule has 0 aromatic carbocycles. The van der Waals surface area contributed by atoms with Gasteiger partial charge in [0.2, 0.25) is 0 Å². The van der Waals surface area contributed by atoms with E-state index < -0.39 is 0 Å². The summed E-state index contributed by atoms with van der Waals surface area (Å²) in [7, 11) is 0. The van der Waals surface area contributed by atoms with Gasteiger partial charge in [-0.25, -0.2) is 4.79 Å². The van der Waals surface area contributed by atoms with E-state index in [2.05, 4.69) is 26.3 Å². The van der Waals surface area contributed by atoms with Crippen LogP contribution in [0.3, 0.4) is 0 Å². The second-order valence-corrected chi connectivity index (χ2v) is 3.58. The van der Waals surface area contributed by atoms with E-state index in [4.69, 9.17) is 4.74 Å². The second-order valence-electron chi connectivity index (χ2n) is 2.77. The highest BCUT2D eigenvalue weighted by Gasteiger charge is 2.22. The predicted molar refractivity (Wildman–Crippen MR) is 48.2 cm³/mol. The molecular formula is C7H8BrN3O2. The summed E-state index contributed by atoms with van der Waals surface area (Å²) in [4.78, 5) is 10.7. The van der Waals surface area contributed by atoms with E-state index in [1.54, 1.807) is 4.68 Å². The Hall–Kier alpha value is -1.04. The minimum atomic E-state index is -0.351. The molecule has 1 aliphatic rings. The van der Waals surface area contributed by atoms with Gasteiger partial charge in [0.1, 0.15) is 10.7 Å². The van der Waals surface area contributed by atoms with Crippen LogP contribution < -0.4 is 5.32 Å². The molecule has 0 bridgehead atoms. The first-order chi connectivity index (χ1) is 6.24. The van der Waals surface area contributed by atoms with Crippen molar-refractivity contribution in [1.29, 1.82) is 0 Å². The molecule has 0 spiro atoms. The normalized spacial score (nSPS) is 21.3. The molecule has 1 N–H and O–H groups in total. The maximum Gasteiger partial charge on any atom is 0.407 e. The smallest absolute Gasteiger partial charge is 0.407 e. The van der Waals surface area contributed by atoms with Crippen LogP contribution >= 0.6 is 15.9 Å². The average molecular weight is 246 g/mol. The number of halogens is 1. The zero-order valence-electron chi connectivity index (χ0n) is 6.74. The van der Waals surface area contributed by atoms with Crippen molar-refractivity contribution in [2.24, 2.45) is 0 Å². The molecule has 1 unspecified atom stereocenters. The number of nitrogens with one attached hydrogen (secondary N) is 1. The average Bonchev–Trinajstić information content (AvgIpc) is 2.62. The molecule has 1 atom stereocenters. The van der Waals surface area contributed by atoms with Crippen molar-refractivity contribution < 1.29 is 9.53 Å². The Morgan fingerprint density at radius 2 is 2.69 bits per heavy atom. The number of nitrogens with zero attached hydrogens (tertiary/aromatic N) is 2. The van der Waals surface area contributed by atoms with Crippen LogP contribution in [0.2, 0.25) is 0 Å². The summed E-state index contributed by atoms with van der Waals surface area (Å²) in [5.74, 6) is 0. The highest BCUT2D eigenvalue weighted by molar-refractivity contribution is 9.10. The Labute approximate surface area is 83.2 Å². The SMILES string of the molecule is O=C1NCC(Cn2ccc(Br)n2)O1. The van der Waals surface area contributed by atoms with Crippen LogP contribution in [0.4, 0.5) is 4.79 Å². The Balaban J connectivity index is 1.95. The summed E-state index contributed by atoms with van der Waals surface area (Å²) < 4.78 is 7.46. The van der Waals surface area contributed by atoms with E-state index in [0.717, 1.165) is 4.60 Å². The molecule has 1 fully saturated rings. The Bertz CT molecular complexity index is 325. The van der Waals surface area contributed by atoms with Crippen LogP contribution in [-0.2, 0) is 11.3 Å². The first-order valence-electron chi connectivity index (χ1n) is 3.87. The van der Waals surface area contributed by atoms with E-state index in [-0.39, 0.29) is 12.2 Å². The lowest BCUT2D eigenvalue weighted by molar-refractivity contribution is 0.128. The first-order valence-corrected chi connectivity index (χ1v) is 4.67. The monoisotopic (exact) mass is 245 g/mol. The minimum absolute atomic E-state index is 0.112. The highest BCUT2D eigenvalue weighted by Crippen LogP contribution is 2.07. The maximum atomic E-state index is 10.7. The quantitative estimate of drug-likeness (QED) is 0.837. The summed E-state index contributed by atoms with van der Waals surface area (Å²) in [6.07, 6.45) is 1.37. The second kappa shape index (κ2) is 3.37. The fourth-order valence-electron chi connectivity index (χ4n) is 1.18. The van der Waals surface area contributed by atoms with Gasteiger partial charge in [0, 0.05) is 6.20 Å². The molecule has 2 heterocycles. The van der Waals surface area contributed by atoms with Crippen LogP contribution in [0.5, 0.6) is 0 Å². The molecule has 0 aliphatic carbocycles. The molecule has 6 heteroatoms. The van der Waals surface area contributed by atoms with Gasteiger partial charge in [-0.15, -0.1) is 0 Å². The topological polar surface area (TPSA) is 56.2 Å². The van der Waals surface area contributed by atoms with Crippen molar-refractivity contribution in [1.82, 2.24) is 15.1 Å². The van der Waals surface area contributed by atoms with Crippen molar-refractivity contribution >= 4 is 22.0 Å². The van der Waals surface area contributed by atoms with Gasteiger partial charge in [-0.05, 0) is 22.0 Å². The van der Waals surface area contributed by atoms with Gasteiger partial charge >= 0.3 is 6.09 Å². The van der Waals surface area contributed by atoms with Gasteiger partial charge in [0.15, 0.2) is 0 Å². The van der Waals surface area contributed by atoms with Crippen molar-refractivity contribution in [3.63, 3.8) is 0 Å². The number of carbonyl (C=O) groups excluding carboxylic acids is 1. The molecule has 70 valence electrons. The third-order valence-corrected chi connectivity index (χ3v) is 2.17. The number of alkyl carbamates (subject to hydrolysis) is 1. The number of hydrogen-bond donors (Lipinski definition) is 1. The lowest BCUT2D eigenvalue weighted by atomic mass is 10.4. The van der Waals surface area contributed by atoms with Gasteiger partial charge in [-0.3, -0.25) is 4.68 Å². The zero-order valence-corrected chi connectivity index (χ0v) is 8.32. The molecule has 1 saturated heterocycles. The summed E-state index contributed by atoms with van der Waals surface area (Å²) in [5, 5.41) is 6.70. The maximum absolute atomic E-state index is 10.7. The summed E-state index contributed by atoms with van der Waals surface area (Å²) in [6.45, 7) is 1.14. The molecule has 2 rings (SSSR count). The highest BCUT2D eigenvalue weighted by atomic mass is 79.9.